The smallest absolute Gasteiger partial charge is 0.466 e. The van der Waals surface area contributed by atoms with Crippen LogP contribution in [0.15, 0.2) is 90.5 Å². The molecule has 19 heteroatoms. The van der Waals surface area contributed by atoms with Gasteiger partial charge in [0.05, 0.1) is 37.6 Å². The third kappa shape index (κ3) is 9.87. The van der Waals surface area contributed by atoms with Crippen LogP contribution in [0.4, 0.5) is 20.2 Å². The maximum absolute atomic E-state index is 15.0. The van der Waals surface area contributed by atoms with Crippen LogP contribution in [0.25, 0.3) is 5.69 Å². The lowest BCUT2D eigenvalue weighted by molar-refractivity contribution is -0.0206. The van der Waals surface area contributed by atoms with E-state index in [-0.39, 0.29) is 24.2 Å². The Hall–Kier alpha value is -4.97. The van der Waals surface area contributed by atoms with Crippen molar-refractivity contribution in [3.63, 3.8) is 0 Å². The highest BCUT2D eigenvalue weighted by Crippen LogP contribution is 2.42. The SMILES string of the molecule is CC[C@@H]([C@H](C)O)n1ncn(-c2ccc(N3CCN(c4ccc(OC[C@@H]5CO[C@@](Cn6cncn6)(c6ccc(F)cc6F)C5)cc4)CC3)cc2)c1=O.O=P(O)(O)O. The fraction of sp³-hybridized carbons (Fsp3) is 0.405. The first-order chi connectivity index (χ1) is 26.7. The highest BCUT2D eigenvalue weighted by molar-refractivity contribution is 7.45. The van der Waals surface area contributed by atoms with E-state index in [0.29, 0.717) is 31.6 Å². The number of benzene rings is 3. The molecule has 0 spiro atoms. The van der Waals surface area contributed by atoms with E-state index < -0.39 is 31.2 Å². The Morgan fingerprint density at radius 1 is 0.929 bits per heavy atom. The zero-order chi connectivity index (χ0) is 40.0. The summed E-state index contributed by atoms with van der Waals surface area (Å²) in [6.45, 7) is 7.97. The maximum atomic E-state index is 15.0. The van der Waals surface area contributed by atoms with Gasteiger partial charge in [0.1, 0.15) is 42.0 Å². The van der Waals surface area contributed by atoms with E-state index in [0.717, 1.165) is 55.1 Å². The number of anilines is 2. The van der Waals surface area contributed by atoms with Crippen molar-refractivity contribution in [3.8, 4) is 11.4 Å². The molecule has 0 radical (unpaired) electrons. The van der Waals surface area contributed by atoms with Gasteiger partial charge in [-0.05, 0) is 74.4 Å². The van der Waals surface area contributed by atoms with Crippen LogP contribution in [0.1, 0.15) is 38.3 Å². The summed E-state index contributed by atoms with van der Waals surface area (Å²) in [5.74, 6) is -0.563. The number of hydrogen-bond acceptors (Lipinski definition) is 10. The molecule has 0 saturated carbocycles. The van der Waals surface area contributed by atoms with Gasteiger partial charge in [-0.2, -0.15) is 10.2 Å². The predicted octanol–water partition coefficient (Wildman–Crippen LogP) is 3.64. The normalized spacial score (nSPS) is 19.7. The van der Waals surface area contributed by atoms with Gasteiger partial charge >= 0.3 is 13.5 Å². The Morgan fingerprint density at radius 3 is 2.09 bits per heavy atom. The van der Waals surface area contributed by atoms with Crippen LogP contribution in [0.3, 0.4) is 0 Å². The molecule has 3 aromatic carbocycles. The number of nitrogens with zero attached hydrogens (tertiary/aromatic N) is 8. The Morgan fingerprint density at radius 2 is 1.54 bits per heavy atom. The largest absolute Gasteiger partial charge is 0.493 e. The minimum absolute atomic E-state index is 0.0121. The van der Waals surface area contributed by atoms with Crippen LogP contribution < -0.4 is 20.2 Å². The number of hydrogen-bond donors (Lipinski definition) is 4. The first-order valence-electron chi connectivity index (χ1n) is 18.1. The Labute approximate surface area is 321 Å². The second kappa shape index (κ2) is 17.4. The summed E-state index contributed by atoms with van der Waals surface area (Å²) in [4.78, 5) is 43.2. The van der Waals surface area contributed by atoms with E-state index in [1.807, 2.05) is 43.3 Å². The second-order valence-corrected chi connectivity index (χ2v) is 14.9. The Balaban J connectivity index is 0.00000100. The number of halogens is 2. The van der Waals surface area contributed by atoms with Gasteiger partial charge in [-0.25, -0.2) is 37.1 Å². The number of rotatable bonds is 12. The van der Waals surface area contributed by atoms with Gasteiger partial charge < -0.3 is 39.1 Å². The molecule has 0 bridgehead atoms. The lowest BCUT2D eigenvalue weighted by Gasteiger charge is -2.37. The molecular weight excluding hydrogens is 753 g/mol. The molecule has 2 saturated heterocycles. The van der Waals surface area contributed by atoms with Gasteiger partial charge in [0.2, 0.25) is 0 Å². The molecule has 16 nitrogen and oxygen atoms in total. The minimum atomic E-state index is -4.64. The fourth-order valence-electron chi connectivity index (χ4n) is 7.24. The zero-order valence-corrected chi connectivity index (χ0v) is 31.8. The summed E-state index contributed by atoms with van der Waals surface area (Å²) in [6, 6.07) is 19.2. The first kappa shape index (κ1) is 40.7. The quantitative estimate of drug-likeness (QED) is 0.134. The number of aliphatic hydroxyl groups excluding tert-OH is 1. The number of ether oxygens (including phenoxy) is 2. The molecule has 2 aromatic heterocycles. The standard InChI is InChI=1S/C37H42F2N8O4.H3O4P/c1-3-35(26(2)48)47-36(49)46(25-42-47)31-7-5-29(6-8-31)43-14-16-44(17-15-43)30-9-11-32(12-10-30)50-20-27-19-37(51-21-27,22-45-24-40-23-41-45)33-13-4-28(38)18-34(33)39;1-5(2,3)4/h4-13,18,23-27,35,48H,3,14-17,19-22H2,1-2H3;(H3,1,2,3,4)/t26-,27+,35-,37-;/m0./s1. The lowest BCUT2D eigenvalue weighted by atomic mass is 9.87. The zero-order valence-electron chi connectivity index (χ0n) is 30.9. The average molecular weight is 799 g/mol. The van der Waals surface area contributed by atoms with Crippen LogP contribution in [0.2, 0.25) is 0 Å². The summed E-state index contributed by atoms with van der Waals surface area (Å²) >= 11 is 0. The minimum Gasteiger partial charge on any atom is -0.493 e. The van der Waals surface area contributed by atoms with Crippen LogP contribution in [-0.2, 0) is 21.4 Å². The van der Waals surface area contributed by atoms with E-state index in [4.69, 9.17) is 28.7 Å². The van der Waals surface area contributed by atoms with Gasteiger partial charge in [0.25, 0.3) is 0 Å². The van der Waals surface area contributed by atoms with Crippen LogP contribution in [-0.4, -0.2) is 94.4 Å². The number of aliphatic hydroxyl groups is 1. The molecule has 2 fully saturated rings. The van der Waals surface area contributed by atoms with Crippen molar-refractivity contribution in [1.29, 1.82) is 0 Å². The maximum Gasteiger partial charge on any atom is 0.466 e. The summed E-state index contributed by atoms with van der Waals surface area (Å²) in [6.07, 6.45) is 4.88. The van der Waals surface area contributed by atoms with Crippen LogP contribution in [0, 0.1) is 17.6 Å². The molecule has 300 valence electrons. The average Bonchev–Trinajstić information content (AvgIpc) is 3.92. The van der Waals surface area contributed by atoms with Crippen molar-refractivity contribution in [3.05, 3.63) is 113 Å². The molecule has 2 aliphatic rings. The molecule has 0 aliphatic carbocycles. The van der Waals surface area contributed by atoms with E-state index in [2.05, 4.69) is 37.1 Å². The van der Waals surface area contributed by atoms with E-state index in [1.165, 1.54) is 34.0 Å². The van der Waals surface area contributed by atoms with Gasteiger partial charge in [0.15, 0.2) is 0 Å². The van der Waals surface area contributed by atoms with Crippen molar-refractivity contribution < 1.29 is 42.6 Å². The predicted molar refractivity (Wildman–Crippen MR) is 202 cm³/mol. The molecule has 7 rings (SSSR count). The number of aromatic nitrogens is 6. The number of piperazine rings is 1. The Kier molecular flexibility index (Phi) is 12.7. The van der Waals surface area contributed by atoms with Crippen molar-refractivity contribution in [2.24, 2.45) is 5.92 Å². The van der Waals surface area contributed by atoms with Crippen molar-refractivity contribution in [2.45, 2.75) is 51.0 Å². The Bertz CT molecular complexity index is 2130. The third-order valence-corrected chi connectivity index (χ3v) is 9.96. The van der Waals surface area contributed by atoms with Crippen LogP contribution >= 0.6 is 7.82 Å². The van der Waals surface area contributed by atoms with Crippen molar-refractivity contribution >= 4 is 19.2 Å². The van der Waals surface area contributed by atoms with Gasteiger partial charge in [-0.15, -0.1) is 0 Å². The fourth-order valence-corrected chi connectivity index (χ4v) is 7.24. The van der Waals surface area contributed by atoms with Gasteiger partial charge in [-0.1, -0.05) is 13.0 Å². The van der Waals surface area contributed by atoms with E-state index in [1.54, 1.807) is 17.9 Å². The lowest BCUT2D eigenvalue weighted by Crippen LogP contribution is -2.46. The molecular formula is C37H45F2N8O8P. The molecule has 5 aromatic rings. The first-order valence-corrected chi connectivity index (χ1v) is 19.7. The summed E-state index contributed by atoms with van der Waals surface area (Å²) < 4.78 is 54.4. The molecule has 56 heavy (non-hydrogen) atoms. The monoisotopic (exact) mass is 798 g/mol. The van der Waals surface area contributed by atoms with Gasteiger partial charge in [0, 0.05) is 55.1 Å². The summed E-state index contributed by atoms with van der Waals surface area (Å²) in [5.41, 5.74) is 1.93. The number of phosphoric acid groups is 1. The van der Waals surface area contributed by atoms with E-state index >= 15 is 0 Å². The molecule has 4 N–H and O–H groups in total. The topological polar surface area (TPSA) is 193 Å². The highest BCUT2D eigenvalue weighted by atomic mass is 31.2. The molecule has 0 amide bonds. The second-order valence-electron chi connectivity index (χ2n) is 13.8. The third-order valence-electron chi connectivity index (χ3n) is 9.96. The summed E-state index contributed by atoms with van der Waals surface area (Å²) in [7, 11) is -4.64. The van der Waals surface area contributed by atoms with Crippen molar-refractivity contribution in [1.82, 2.24) is 29.1 Å². The molecule has 2 aliphatic heterocycles. The summed E-state index contributed by atoms with van der Waals surface area (Å²) in [5, 5.41) is 18.5. The van der Waals surface area contributed by atoms with Crippen LogP contribution in [0.5, 0.6) is 5.75 Å². The van der Waals surface area contributed by atoms with Crippen molar-refractivity contribution in [2.75, 3.05) is 49.2 Å². The van der Waals surface area contributed by atoms with Gasteiger partial charge in [-0.3, -0.25) is 0 Å². The highest BCUT2D eigenvalue weighted by Gasteiger charge is 2.44. The molecule has 4 heterocycles. The molecule has 4 atom stereocenters. The molecule has 0 unspecified atom stereocenters. The van der Waals surface area contributed by atoms with E-state index in [9.17, 15) is 18.7 Å².